The number of piperazine rings is 1. The lowest BCUT2D eigenvalue weighted by Crippen LogP contribution is -2.54. The highest BCUT2D eigenvalue weighted by Crippen LogP contribution is 2.20. The maximum absolute atomic E-state index is 3.70. The standard InChI is InChI=1S/C14H29N3/c1-4-13-5-6-15-14(9-13)11-17-8-7-16(3)12(2)10-17/h12-15H,4-11H2,1-3H3. The van der Waals surface area contributed by atoms with Crippen LogP contribution in [-0.4, -0.2) is 61.7 Å². The van der Waals surface area contributed by atoms with Crippen molar-refractivity contribution in [2.45, 2.75) is 45.2 Å². The number of hydrogen-bond acceptors (Lipinski definition) is 3. The first kappa shape index (κ1) is 13.3. The fourth-order valence-electron chi connectivity index (χ4n) is 3.21. The van der Waals surface area contributed by atoms with E-state index >= 15 is 0 Å². The van der Waals surface area contributed by atoms with Gasteiger partial charge in [0.25, 0.3) is 0 Å². The minimum absolute atomic E-state index is 0.717. The van der Waals surface area contributed by atoms with Crippen LogP contribution in [-0.2, 0) is 0 Å². The van der Waals surface area contributed by atoms with Gasteiger partial charge < -0.3 is 10.2 Å². The maximum Gasteiger partial charge on any atom is 0.0197 e. The Morgan fingerprint density at radius 2 is 2.12 bits per heavy atom. The van der Waals surface area contributed by atoms with Gasteiger partial charge in [0.15, 0.2) is 0 Å². The Morgan fingerprint density at radius 3 is 2.82 bits per heavy atom. The Balaban J connectivity index is 1.76. The molecule has 0 bridgehead atoms. The van der Waals surface area contributed by atoms with Crippen LogP contribution in [0.4, 0.5) is 0 Å². The third-order valence-corrected chi connectivity index (χ3v) is 4.70. The normalized spacial score (nSPS) is 37.2. The van der Waals surface area contributed by atoms with Crippen molar-refractivity contribution < 1.29 is 0 Å². The average molecular weight is 239 g/mol. The van der Waals surface area contributed by atoms with Gasteiger partial charge in [0, 0.05) is 38.3 Å². The van der Waals surface area contributed by atoms with Gasteiger partial charge in [-0.3, -0.25) is 4.90 Å². The van der Waals surface area contributed by atoms with Gasteiger partial charge in [-0.2, -0.15) is 0 Å². The number of nitrogens with zero attached hydrogens (tertiary/aromatic N) is 2. The van der Waals surface area contributed by atoms with E-state index in [2.05, 4.69) is 36.0 Å². The van der Waals surface area contributed by atoms with Gasteiger partial charge in [-0.25, -0.2) is 0 Å². The van der Waals surface area contributed by atoms with Crippen molar-refractivity contribution in [1.29, 1.82) is 0 Å². The number of hydrogen-bond donors (Lipinski definition) is 1. The van der Waals surface area contributed by atoms with E-state index in [4.69, 9.17) is 0 Å². The monoisotopic (exact) mass is 239 g/mol. The molecule has 1 N–H and O–H groups in total. The molecule has 3 heteroatoms. The summed E-state index contributed by atoms with van der Waals surface area (Å²) in [6.07, 6.45) is 4.13. The molecule has 3 unspecified atom stereocenters. The van der Waals surface area contributed by atoms with Crippen LogP contribution in [0.2, 0.25) is 0 Å². The van der Waals surface area contributed by atoms with Gasteiger partial charge >= 0.3 is 0 Å². The zero-order chi connectivity index (χ0) is 12.3. The van der Waals surface area contributed by atoms with E-state index in [9.17, 15) is 0 Å². The number of nitrogens with one attached hydrogen (secondary N) is 1. The van der Waals surface area contributed by atoms with Crippen molar-refractivity contribution in [2.24, 2.45) is 5.92 Å². The summed E-state index contributed by atoms with van der Waals surface area (Å²) in [5.74, 6) is 0.964. The predicted molar refractivity (Wildman–Crippen MR) is 73.3 cm³/mol. The molecule has 17 heavy (non-hydrogen) atoms. The van der Waals surface area contributed by atoms with Crippen LogP contribution in [0.15, 0.2) is 0 Å². The molecule has 0 aromatic rings. The summed E-state index contributed by atoms with van der Waals surface area (Å²) in [4.78, 5) is 5.13. The molecule has 0 radical (unpaired) electrons. The predicted octanol–water partition coefficient (Wildman–Crippen LogP) is 1.40. The van der Waals surface area contributed by atoms with Crippen LogP contribution >= 0.6 is 0 Å². The van der Waals surface area contributed by atoms with Crippen molar-refractivity contribution in [1.82, 2.24) is 15.1 Å². The molecule has 0 aromatic heterocycles. The largest absolute Gasteiger partial charge is 0.313 e. The molecular weight excluding hydrogens is 210 g/mol. The van der Waals surface area contributed by atoms with Gasteiger partial charge in [0.1, 0.15) is 0 Å². The second-order valence-electron chi connectivity index (χ2n) is 6.04. The maximum atomic E-state index is 3.70. The van der Waals surface area contributed by atoms with Gasteiger partial charge in [-0.15, -0.1) is 0 Å². The van der Waals surface area contributed by atoms with Crippen molar-refractivity contribution in [3.8, 4) is 0 Å². The quantitative estimate of drug-likeness (QED) is 0.803. The summed E-state index contributed by atoms with van der Waals surface area (Å²) in [6, 6.07) is 1.46. The molecule has 0 saturated carbocycles. The topological polar surface area (TPSA) is 18.5 Å². The molecule has 2 aliphatic rings. The molecule has 3 atom stereocenters. The Hall–Kier alpha value is -0.120. The van der Waals surface area contributed by atoms with Crippen molar-refractivity contribution in [3.63, 3.8) is 0 Å². The second-order valence-corrected chi connectivity index (χ2v) is 6.04. The first-order valence-corrected chi connectivity index (χ1v) is 7.35. The van der Waals surface area contributed by atoms with Crippen molar-refractivity contribution >= 4 is 0 Å². The molecule has 2 fully saturated rings. The number of likely N-dealkylation sites (N-methyl/N-ethyl adjacent to an activating group) is 1. The Morgan fingerprint density at radius 1 is 1.29 bits per heavy atom. The highest BCUT2D eigenvalue weighted by atomic mass is 15.3. The first-order chi connectivity index (χ1) is 8.19. The van der Waals surface area contributed by atoms with Crippen LogP contribution in [0.3, 0.4) is 0 Å². The van der Waals surface area contributed by atoms with Crippen LogP contribution in [0.1, 0.15) is 33.1 Å². The molecule has 2 heterocycles. The van der Waals surface area contributed by atoms with Crippen molar-refractivity contribution in [2.75, 3.05) is 39.8 Å². The molecule has 0 aliphatic carbocycles. The van der Waals surface area contributed by atoms with Gasteiger partial charge in [-0.05, 0) is 39.3 Å². The highest BCUT2D eigenvalue weighted by Gasteiger charge is 2.25. The number of piperidine rings is 1. The second kappa shape index (κ2) is 6.17. The lowest BCUT2D eigenvalue weighted by Gasteiger charge is -2.40. The third-order valence-electron chi connectivity index (χ3n) is 4.70. The summed E-state index contributed by atoms with van der Waals surface area (Å²) in [6.45, 7) is 10.9. The van der Waals surface area contributed by atoms with Crippen LogP contribution in [0, 0.1) is 5.92 Å². The molecule has 0 aromatic carbocycles. The van der Waals surface area contributed by atoms with E-state index in [1.807, 2.05) is 0 Å². The van der Waals surface area contributed by atoms with Crippen LogP contribution < -0.4 is 5.32 Å². The summed E-state index contributed by atoms with van der Waals surface area (Å²) in [5.41, 5.74) is 0. The summed E-state index contributed by atoms with van der Waals surface area (Å²) >= 11 is 0. The summed E-state index contributed by atoms with van der Waals surface area (Å²) in [7, 11) is 2.24. The summed E-state index contributed by atoms with van der Waals surface area (Å²) in [5, 5.41) is 3.70. The Kier molecular flexibility index (Phi) is 4.83. The van der Waals surface area contributed by atoms with E-state index in [0.29, 0.717) is 6.04 Å². The lowest BCUT2D eigenvalue weighted by atomic mass is 9.90. The average Bonchev–Trinajstić information content (AvgIpc) is 2.34. The van der Waals surface area contributed by atoms with Gasteiger partial charge in [-0.1, -0.05) is 13.3 Å². The molecule has 0 spiro atoms. The van der Waals surface area contributed by atoms with Crippen molar-refractivity contribution in [3.05, 3.63) is 0 Å². The summed E-state index contributed by atoms with van der Waals surface area (Å²) < 4.78 is 0. The molecule has 3 nitrogen and oxygen atoms in total. The van der Waals surface area contributed by atoms with Crippen LogP contribution in [0.25, 0.3) is 0 Å². The fourth-order valence-corrected chi connectivity index (χ4v) is 3.21. The van der Waals surface area contributed by atoms with Gasteiger partial charge in [0.2, 0.25) is 0 Å². The fraction of sp³-hybridized carbons (Fsp3) is 1.00. The van der Waals surface area contributed by atoms with E-state index in [0.717, 1.165) is 12.0 Å². The lowest BCUT2D eigenvalue weighted by molar-refractivity contribution is 0.0899. The van der Waals surface area contributed by atoms with Crippen LogP contribution in [0.5, 0.6) is 0 Å². The minimum Gasteiger partial charge on any atom is -0.313 e. The third kappa shape index (κ3) is 3.67. The van der Waals surface area contributed by atoms with E-state index in [-0.39, 0.29) is 0 Å². The molecule has 0 amide bonds. The SMILES string of the molecule is CCC1CCNC(CN2CCN(C)C(C)C2)C1. The van der Waals surface area contributed by atoms with E-state index in [1.54, 1.807) is 0 Å². The Bertz CT molecular complexity index is 228. The van der Waals surface area contributed by atoms with Gasteiger partial charge in [0.05, 0.1) is 0 Å². The minimum atomic E-state index is 0.717. The molecule has 2 aliphatic heterocycles. The molecule has 2 rings (SSSR count). The molecule has 100 valence electrons. The molecule has 2 saturated heterocycles. The highest BCUT2D eigenvalue weighted by molar-refractivity contribution is 4.84. The zero-order valence-electron chi connectivity index (χ0n) is 11.8. The molecular formula is C14H29N3. The van der Waals surface area contributed by atoms with E-state index < -0.39 is 0 Å². The number of rotatable bonds is 3. The Labute approximate surface area is 107 Å². The smallest absolute Gasteiger partial charge is 0.0197 e. The zero-order valence-corrected chi connectivity index (χ0v) is 11.8. The van der Waals surface area contributed by atoms with E-state index in [1.165, 1.54) is 52.0 Å². The first-order valence-electron chi connectivity index (χ1n) is 7.35.